The lowest BCUT2D eigenvalue weighted by Gasteiger charge is -2.16. The Morgan fingerprint density at radius 1 is 1.20 bits per heavy atom. The fourth-order valence-corrected chi connectivity index (χ4v) is 2.77. The molecule has 0 saturated carbocycles. The van der Waals surface area contributed by atoms with Gasteiger partial charge in [-0.1, -0.05) is 29.3 Å². The van der Waals surface area contributed by atoms with Crippen LogP contribution in [0, 0.1) is 27.7 Å². The molecule has 1 aromatic carbocycles. The van der Waals surface area contributed by atoms with Gasteiger partial charge in [0.15, 0.2) is 18.4 Å². The molecule has 1 unspecified atom stereocenters. The third-order valence-corrected chi connectivity index (χ3v) is 3.92. The highest BCUT2D eigenvalue weighted by molar-refractivity contribution is 5.85. The number of carboxylic acids is 1. The topological polar surface area (TPSA) is 93.5 Å². The maximum atomic E-state index is 12.2. The van der Waals surface area contributed by atoms with Crippen LogP contribution < -0.4 is 10.1 Å². The fraction of sp³-hybridized carbons (Fsp3) is 0.389. The number of carbonyl (C=O) groups is 2. The molecule has 134 valence electrons. The Morgan fingerprint density at radius 2 is 1.80 bits per heavy atom. The van der Waals surface area contributed by atoms with E-state index < -0.39 is 17.9 Å². The van der Waals surface area contributed by atoms with Gasteiger partial charge in [-0.3, -0.25) is 9.48 Å². The number of amides is 1. The molecule has 25 heavy (non-hydrogen) atoms. The summed E-state index contributed by atoms with van der Waals surface area (Å²) in [6, 6.07) is 4.33. The number of hydrogen-bond acceptors (Lipinski definition) is 4. The summed E-state index contributed by atoms with van der Waals surface area (Å²) in [4.78, 5) is 23.8. The van der Waals surface area contributed by atoms with Crippen LogP contribution in [0.3, 0.4) is 0 Å². The van der Waals surface area contributed by atoms with Gasteiger partial charge in [-0.25, -0.2) is 4.79 Å². The first-order chi connectivity index (χ1) is 11.7. The summed E-state index contributed by atoms with van der Waals surface area (Å²) in [6.07, 6.45) is 0. The molecular formula is C18H23N3O4. The minimum Gasteiger partial charge on any atom is -0.480 e. The average Bonchev–Trinajstić information content (AvgIpc) is 2.74. The quantitative estimate of drug-likeness (QED) is 0.835. The monoisotopic (exact) mass is 345 g/mol. The van der Waals surface area contributed by atoms with E-state index >= 15 is 0 Å². The maximum absolute atomic E-state index is 12.2. The summed E-state index contributed by atoms with van der Waals surface area (Å²) >= 11 is 0. The molecule has 0 aliphatic heterocycles. The number of aryl methyl sites for hydroxylation is 4. The molecule has 0 bridgehead atoms. The van der Waals surface area contributed by atoms with Gasteiger partial charge in [0.25, 0.3) is 5.91 Å². The van der Waals surface area contributed by atoms with Crippen molar-refractivity contribution in [1.29, 1.82) is 0 Å². The minimum atomic E-state index is -1.12. The zero-order valence-electron chi connectivity index (χ0n) is 15.1. The summed E-state index contributed by atoms with van der Waals surface area (Å²) in [5.74, 6) is -1.09. The molecule has 1 amide bonds. The Balaban J connectivity index is 2.09. The minimum absolute atomic E-state index is 0.276. The molecule has 1 aromatic heterocycles. The zero-order valence-corrected chi connectivity index (χ0v) is 15.1. The molecule has 0 spiro atoms. The third kappa shape index (κ3) is 4.37. The van der Waals surface area contributed by atoms with Crippen LogP contribution in [0.5, 0.6) is 5.75 Å². The van der Waals surface area contributed by atoms with Crippen LogP contribution in [0.4, 0.5) is 0 Å². The Morgan fingerprint density at radius 3 is 2.28 bits per heavy atom. The van der Waals surface area contributed by atoms with E-state index in [1.54, 1.807) is 30.8 Å². The van der Waals surface area contributed by atoms with Gasteiger partial charge < -0.3 is 15.2 Å². The molecule has 2 aromatic rings. The van der Waals surface area contributed by atoms with E-state index in [2.05, 4.69) is 10.4 Å². The number of aromatic nitrogens is 2. The highest BCUT2D eigenvalue weighted by atomic mass is 16.5. The van der Waals surface area contributed by atoms with Crippen molar-refractivity contribution >= 4 is 11.9 Å². The predicted molar refractivity (Wildman–Crippen MR) is 92.6 cm³/mol. The molecule has 7 nitrogen and oxygen atoms in total. The zero-order chi connectivity index (χ0) is 18.7. The predicted octanol–water partition coefficient (Wildman–Crippen LogP) is 1.97. The normalized spacial score (nSPS) is 11.9. The highest BCUT2D eigenvalue weighted by Gasteiger charge is 2.23. The standard InChI is InChI=1S/C18H23N3O4/c1-10-6-11(2)8-14(7-10)16(18(23)24)19-15(22)9-25-17-12(3)20-21(5)13(17)4/h6-8,16H,9H2,1-5H3,(H,19,22)(H,23,24). The van der Waals surface area contributed by atoms with Gasteiger partial charge in [0.05, 0.1) is 5.69 Å². The van der Waals surface area contributed by atoms with Crippen molar-refractivity contribution < 1.29 is 19.4 Å². The van der Waals surface area contributed by atoms with E-state index in [-0.39, 0.29) is 6.61 Å². The molecule has 0 aliphatic rings. The molecule has 2 rings (SSSR count). The molecule has 0 radical (unpaired) electrons. The molecule has 2 N–H and O–H groups in total. The van der Waals surface area contributed by atoms with E-state index in [0.29, 0.717) is 17.0 Å². The fourth-order valence-electron chi connectivity index (χ4n) is 2.77. The van der Waals surface area contributed by atoms with Crippen LogP contribution in [-0.4, -0.2) is 33.4 Å². The van der Waals surface area contributed by atoms with Crippen molar-refractivity contribution in [1.82, 2.24) is 15.1 Å². The second-order valence-electron chi connectivity index (χ2n) is 6.17. The first-order valence-corrected chi connectivity index (χ1v) is 7.92. The van der Waals surface area contributed by atoms with Crippen LogP contribution >= 0.6 is 0 Å². The Hall–Kier alpha value is -2.83. The number of carboxylic acid groups (broad SMARTS) is 1. The van der Waals surface area contributed by atoms with Crippen molar-refractivity contribution in [3.05, 3.63) is 46.3 Å². The second-order valence-corrected chi connectivity index (χ2v) is 6.17. The van der Waals surface area contributed by atoms with E-state index in [1.807, 2.05) is 26.8 Å². The molecular weight excluding hydrogens is 322 g/mol. The van der Waals surface area contributed by atoms with Crippen LogP contribution in [-0.2, 0) is 16.6 Å². The Kier molecular flexibility index (Phi) is 5.46. The lowest BCUT2D eigenvalue weighted by Crippen LogP contribution is -2.36. The maximum Gasteiger partial charge on any atom is 0.330 e. The van der Waals surface area contributed by atoms with Crippen molar-refractivity contribution in [3.63, 3.8) is 0 Å². The van der Waals surface area contributed by atoms with Gasteiger partial charge in [0.2, 0.25) is 0 Å². The molecule has 0 fully saturated rings. The van der Waals surface area contributed by atoms with Gasteiger partial charge in [-0.15, -0.1) is 0 Å². The Labute approximate surface area is 146 Å². The Bertz CT molecular complexity index is 791. The summed E-state index contributed by atoms with van der Waals surface area (Å²) in [6.45, 7) is 7.11. The van der Waals surface area contributed by atoms with Crippen molar-refractivity contribution in [2.24, 2.45) is 7.05 Å². The summed E-state index contributed by atoms with van der Waals surface area (Å²) in [7, 11) is 1.79. The van der Waals surface area contributed by atoms with E-state index in [0.717, 1.165) is 16.8 Å². The smallest absolute Gasteiger partial charge is 0.330 e. The van der Waals surface area contributed by atoms with E-state index in [4.69, 9.17) is 4.74 Å². The van der Waals surface area contributed by atoms with Gasteiger partial charge >= 0.3 is 5.97 Å². The number of ether oxygens (including phenoxy) is 1. The molecule has 7 heteroatoms. The molecule has 0 aliphatic carbocycles. The number of benzene rings is 1. The van der Waals surface area contributed by atoms with Crippen molar-refractivity contribution in [2.75, 3.05) is 6.61 Å². The number of nitrogens with zero attached hydrogens (tertiary/aromatic N) is 2. The number of aliphatic carboxylic acids is 1. The lowest BCUT2D eigenvalue weighted by molar-refractivity contribution is -0.142. The lowest BCUT2D eigenvalue weighted by atomic mass is 10.0. The van der Waals surface area contributed by atoms with Crippen molar-refractivity contribution in [3.8, 4) is 5.75 Å². The van der Waals surface area contributed by atoms with Gasteiger partial charge in [0.1, 0.15) is 5.69 Å². The molecule has 1 heterocycles. The molecule has 0 saturated heterocycles. The second kappa shape index (κ2) is 7.38. The number of hydrogen-bond donors (Lipinski definition) is 2. The van der Waals surface area contributed by atoms with Crippen LogP contribution in [0.15, 0.2) is 18.2 Å². The first-order valence-electron chi connectivity index (χ1n) is 7.92. The third-order valence-electron chi connectivity index (χ3n) is 3.92. The van der Waals surface area contributed by atoms with Gasteiger partial charge in [-0.2, -0.15) is 5.10 Å². The largest absolute Gasteiger partial charge is 0.480 e. The van der Waals surface area contributed by atoms with E-state index in [1.165, 1.54) is 0 Å². The number of rotatable bonds is 6. The highest BCUT2D eigenvalue weighted by Crippen LogP contribution is 2.21. The summed E-state index contributed by atoms with van der Waals surface area (Å²) < 4.78 is 7.19. The SMILES string of the molecule is Cc1cc(C)cc(C(NC(=O)COc2c(C)nn(C)c2C)C(=O)O)c1. The number of carbonyl (C=O) groups excluding carboxylic acids is 1. The van der Waals surface area contributed by atoms with Crippen LogP contribution in [0.2, 0.25) is 0 Å². The van der Waals surface area contributed by atoms with Crippen LogP contribution in [0.25, 0.3) is 0 Å². The average molecular weight is 345 g/mol. The van der Waals surface area contributed by atoms with Gasteiger partial charge in [0, 0.05) is 7.05 Å². The summed E-state index contributed by atoms with van der Waals surface area (Å²) in [5, 5.41) is 16.2. The summed E-state index contributed by atoms with van der Waals surface area (Å²) in [5.41, 5.74) is 3.89. The van der Waals surface area contributed by atoms with Gasteiger partial charge in [-0.05, 0) is 33.3 Å². The first kappa shape index (κ1) is 18.5. The number of nitrogens with one attached hydrogen (secondary N) is 1. The molecule has 1 atom stereocenters. The van der Waals surface area contributed by atoms with Crippen molar-refractivity contribution in [2.45, 2.75) is 33.7 Å². The van der Waals surface area contributed by atoms with E-state index in [9.17, 15) is 14.7 Å². The van der Waals surface area contributed by atoms with Crippen LogP contribution in [0.1, 0.15) is 34.1 Å².